The summed E-state index contributed by atoms with van der Waals surface area (Å²) in [5, 5.41) is 2.51. The van der Waals surface area contributed by atoms with Gasteiger partial charge in [0.15, 0.2) is 0 Å². The van der Waals surface area contributed by atoms with Gasteiger partial charge >= 0.3 is 6.18 Å². The van der Waals surface area contributed by atoms with Crippen molar-refractivity contribution in [3.05, 3.63) is 29.8 Å². The number of rotatable bonds is 3. The predicted molar refractivity (Wildman–Crippen MR) is 76.5 cm³/mol. The number of morpholine rings is 1. The summed E-state index contributed by atoms with van der Waals surface area (Å²) >= 11 is 0. The minimum absolute atomic E-state index is 0.0325. The normalized spacial score (nSPS) is 23.3. The molecule has 1 saturated heterocycles. The molecule has 0 saturated carbocycles. The van der Waals surface area contributed by atoms with Gasteiger partial charge in [-0.1, -0.05) is 6.07 Å². The molecular formula is C15H19F3N2O2. The van der Waals surface area contributed by atoms with Gasteiger partial charge in [-0.2, -0.15) is 13.2 Å². The monoisotopic (exact) mass is 316 g/mol. The molecular weight excluding hydrogens is 297 g/mol. The van der Waals surface area contributed by atoms with Crippen LogP contribution in [0.15, 0.2) is 24.3 Å². The van der Waals surface area contributed by atoms with Crippen LogP contribution < -0.4 is 5.32 Å². The van der Waals surface area contributed by atoms with Gasteiger partial charge in [-0.25, -0.2) is 0 Å². The molecule has 7 heteroatoms. The topological polar surface area (TPSA) is 41.6 Å². The standard InChI is InChI=1S/C15H19F3N2O2/c1-10-7-20(8-11(2)22-10)9-14(21)19-13-5-3-4-12(6-13)15(16,17)18/h3-6,10-11H,7-9H2,1-2H3,(H,19,21)/t10-,11-/m0/s1. The van der Waals surface area contributed by atoms with E-state index in [-0.39, 0.29) is 30.3 Å². The number of nitrogens with one attached hydrogen (secondary N) is 1. The molecule has 2 atom stereocenters. The molecule has 1 aromatic rings. The van der Waals surface area contributed by atoms with E-state index in [4.69, 9.17) is 4.74 Å². The number of ether oxygens (including phenoxy) is 1. The van der Waals surface area contributed by atoms with Crippen molar-refractivity contribution in [2.45, 2.75) is 32.2 Å². The van der Waals surface area contributed by atoms with Crippen LogP contribution in [0.5, 0.6) is 0 Å². The Morgan fingerprint density at radius 1 is 1.32 bits per heavy atom. The minimum atomic E-state index is -4.42. The van der Waals surface area contributed by atoms with Crippen molar-refractivity contribution < 1.29 is 22.7 Å². The largest absolute Gasteiger partial charge is 0.416 e. The molecule has 1 aliphatic heterocycles. The van der Waals surface area contributed by atoms with E-state index in [1.165, 1.54) is 12.1 Å². The lowest BCUT2D eigenvalue weighted by Crippen LogP contribution is -2.48. The van der Waals surface area contributed by atoms with Crippen molar-refractivity contribution in [3.8, 4) is 0 Å². The number of nitrogens with zero attached hydrogens (tertiary/aromatic N) is 1. The number of hydrogen-bond donors (Lipinski definition) is 1. The van der Waals surface area contributed by atoms with Crippen molar-refractivity contribution in [2.75, 3.05) is 25.0 Å². The van der Waals surface area contributed by atoms with Crippen LogP contribution in [-0.2, 0) is 15.7 Å². The highest BCUT2D eigenvalue weighted by Crippen LogP contribution is 2.30. The first-order valence-electron chi connectivity index (χ1n) is 7.09. The van der Waals surface area contributed by atoms with Crippen LogP contribution in [0, 0.1) is 0 Å². The van der Waals surface area contributed by atoms with Crippen LogP contribution >= 0.6 is 0 Å². The Labute approximate surface area is 127 Å². The third-order valence-corrected chi connectivity index (χ3v) is 3.34. The van der Waals surface area contributed by atoms with Crippen LogP contribution in [-0.4, -0.2) is 42.6 Å². The lowest BCUT2D eigenvalue weighted by Gasteiger charge is -2.34. The molecule has 0 bridgehead atoms. The van der Waals surface area contributed by atoms with Gasteiger partial charge < -0.3 is 10.1 Å². The molecule has 4 nitrogen and oxygen atoms in total. The van der Waals surface area contributed by atoms with E-state index in [0.717, 1.165) is 12.1 Å². The molecule has 0 aliphatic carbocycles. The van der Waals surface area contributed by atoms with E-state index in [1.54, 1.807) is 0 Å². The van der Waals surface area contributed by atoms with E-state index in [0.29, 0.717) is 13.1 Å². The summed E-state index contributed by atoms with van der Waals surface area (Å²) in [5.74, 6) is -0.333. The molecule has 1 aliphatic rings. The fraction of sp³-hybridized carbons (Fsp3) is 0.533. The summed E-state index contributed by atoms with van der Waals surface area (Å²) in [6.45, 7) is 5.23. The molecule has 0 radical (unpaired) electrons. The zero-order valence-electron chi connectivity index (χ0n) is 12.5. The summed E-state index contributed by atoms with van der Waals surface area (Å²) in [7, 11) is 0. The molecule has 1 heterocycles. The Morgan fingerprint density at radius 2 is 1.95 bits per heavy atom. The van der Waals surface area contributed by atoms with Gasteiger partial charge in [-0.15, -0.1) is 0 Å². The number of carbonyl (C=O) groups is 1. The van der Waals surface area contributed by atoms with E-state index < -0.39 is 11.7 Å². The second-order valence-corrected chi connectivity index (χ2v) is 5.58. The van der Waals surface area contributed by atoms with Crippen LogP contribution in [0.3, 0.4) is 0 Å². The maximum absolute atomic E-state index is 12.6. The fourth-order valence-corrected chi connectivity index (χ4v) is 2.59. The van der Waals surface area contributed by atoms with Gasteiger partial charge in [0.1, 0.15) is 0 Å². The molecule has 2 rings (SSSR count). The first kappa shape index (κ1) is 16.8. The Kier molecular flexibility index (Phi) is 5.08. The highest BCUT2D eigenvalue weighted by Gasteiger charge is 2.30. The highest BCUT2D eigenvalue weighted by atomic mass is 19.4. The second kappa shape index (κ2) is 6.66. The Bertz CT molecular complexity index is 524. The molecule has 122 valence electrons. The Hall–Kier alpha value is -1.60. The molecule has 1 N–H and O–H groups in total. The third-order valence-electron chi connectivity index (χ3n) is 3.34. The third kappa shape index (κ3) is 4.71. The Balaban J connectivity index is 1.95. The van der Waals surface area contributed by atoms with Crippen LogP contribution in [0.4, 0.5) is 18.9 Å². The molecule has 0 unspecified atom stereocenters. The number of hydrogen-bond acceptors (Lipinski definition) is 3. The van der Waals surface area contributed by atoms with Gasteiger partial charge in [-0.3, -0.25) is 9.69 Å². The highest BCUT2D eigenvalue weighted by molar-refractivity contribution is 5.92. The van der Waals surface area contributed by atoms with Crippen molar-refractivity contribution in [3.63, 3.8) is 0 Å². The molecule has 1 fully saturated rings. The average molecular weight is 316 g/mol. The maximum atomic E-state index is 12.6. The maximum Gasteiger partial charge on any atom is 0.416 e. The number of anilines is 1. The number of halogens is 3. The van der Waals surface area contributed by atoms with E-state index in [1.807, 2.05) is 18.7 Å². The average Bonchev–Trinajstić information content (AvgIpc) is 2.36. The quantitative estimate of drug-likeness (QED) is 0.932. The number of carbonyl (C=O) groups excluding carboxylic acids is 1. The van der Waals surface area contributed by atoms with E-state index >= 15 is 0 Å². The number of amides is 1. The van der Waals surface area contributed by atoms with Crippen LogP contribution in [0.1, 0.15) is 19.4 Å². The summed E-state index contributed by atoms with van der Waals surface area (Å²) in [4.78, 5) is 13.9. The number of benzene rings is 1. The predicted octanol–water partition coefficient (Wildman–Crippen LogP) is 2.75. The fourth-order valence-electron chi connectivity index (χ4n) is 2.59. The molecule has 0 spiro atoms. The van der Waals surface area contributed by atoms with Crippen molar-refractivity contribution in [2.24, 2.45) is 0 Å². The van der Waals surface area contributed by atoms with Gasteiger partial charge in [0.2, 0.25) is 5.91 Å². The summed E-state index contributed by atoms with van der Waals surface area (Å²) in [6, 6.07) is 4.62. The SMILES string of the molecule is C[C@H]1CN(CC(=O)Nc2cccc(C(F)(F)F)c2)C[C@H](C)O1. The van der Waals surface area contributed by atoms with Crippen molar-refractivity contribution >= 4 is 11.6 Å². The summed E-state index contributed by atoms with van der Waals surface area (Å²) in [6.07, 6.45) is -4.36. The zero-order chi connectivity index (χ0) is 16.3. The van der Waals surface area contributed by atoms with Crippen molar-refractivity contribution in [1.82, 2.24) is 4.90 Å². The summed E-state index contributed by atoms with van der Waals surface area (Å²) < 4.78 is 43.5. The molecule has 1 aromatic carbocycles. The molecule has 0 aromatic heterocycles. The van der Waals surface area contributed by atoms with E-state index in [9.17, 15) is 18.0 Å². The van der Waals surface area contributed by atoms with Gasteiger partial charge in [0.05, 0.1) is 24.3 Å². The van der Waals surface area contributed by atoms with Gasteiger partial charge in [0, 0.05) is 18.8 Å². The van der Waals surface area contributed by atoms with E-state index in [2.05, 4.69) is 5.32 Å². The first-order valence-corrected chi connectivity index (χ1v) is 7.09. The minimum Gasteiger partial charge on any atom is -0.373 e. The molecule has 22 heavy (non-hydrogen) atoms. The smallest absolute Gasteiger partial charge is 0.373 e. The van der Waals surface area contributed by atoms with Gasteiger partial charge in [0.25, 0.3) is 0 Å². The van der Waals surface area contributed by atoms with Crippen molar-refractivity contribution in [1.29, 1.82) is 0 Å². The number of alkyl halides is 3. The molecule has 1 amide bonds. The van der Waals surface area contributed by atoms with Gasteiger partial charge in [-0.05, 0) is 32.0 Å². The first-order chi connectivity index (χ1) is 10.2. The van der Waals surface area contributed by atoms with Crippen LogP contribution in [0.25, 0.3) is 0 Å². The lowest BCUT2D eigenvalue weighted by atomic mass is 10.2. The second-order valence-electron chi connectivity index (χ2n) is 5.58. The summed E-state index contributed by atoms with van der Waals surface area (Å²) in [5.41, 5.74) is -0.631. The Morgan fingerprint density at radius 3 is 2.55 bits per heavy atom. The lowest BCUT2D eigenvalue weighted by molar-refractivity contribution is -0.137. The van der Waals surface area contributed by atoms with Crippen LogP contribution in [0.2, 0.25) is 0 Å². The zero-order valence-corrected chi connectivity index (χ0v) is 12.5.